The van der Waals surface area contributed by atoms with Gasteiger partial charge in [-0.3, -0.25) is 0 Å². The molecule has 0 heterocycles. The number of rotatable bonds is 7. The second kappa shape index (κ2) is 7.86. The zero-order valence-electron chi connectivity index (χ0n) is 9.95. The van der Waals surface area contributed by atoms with E-state index in [9.17, 15) is 5.11 Å². The first-order valence-electron chi connectivity index (χ1n) is 6.12. The van der Waals surface area contributed by atoms with Crippen LogP contribution in [0.5, 0.6) is 0 Å². The number of hydrogen-bond acceptors (Lipinski definition) is 1. The van der Waals surface area contributed by atoms with E-state index in [2.05, 4.69) is 41.1 Å². The fraction of sp³-hybridized carbons (Fsp3) is 0.571. The quantitative estimate of drug-likeness (QED) is 0.745. The summed E-state index contributed by atoms with van der Waals surface area (Å²) in [4.78, 5) is 0. The summed E-state index contributed by atoms with van der Waals surface area (Å²) < 4.78 is 1.16. The molecule has 0 aliphatic rings. The van der Waals surface area contributed by atoms with Gasteiger partial charge in [-0.25, -0.2) is 0 Å². The Bertz CT molecular complexity index is 299. The molecule has 0 bridgehead atoms. The molecule has 0 amide bonds. The standard InChI is InChI=1S/C14H21BrO/c1-2-3-4-7-12(11-16)10-13-8-5-6-9-14(13)15/h5-6,8-9,12,16H,2-4,7,10-11H2,1H3. The molecule has 0 fully saturated rings. The molecular formula is C14H21BrO. The van der Waals surface area contributed by atoms with E-state index >= 15 is 0 Å². The summed E-state index contributed by atoms with van der Waals surface area (Å²) in [6.45, 7) is 2.51. The molecule has 2 heteroatoms. The van der Waals surface area contributed by atoms with Crippen LogP contribution in [0, 0.1) is 5.92 Å². The summed E-state index contributed by atoms with van der Waals surface area (Å²) in [5.41, 5.74) is 1.30. The van der Waals surface area contributed by atoms with Crippen molar-refractivity contribution in [3.8, 4) is 0 Å². The Morgan fingerprint density at radius 3 is 2.62 bits per heavy atom. The Labute approximate surface area is 107 Å². The van der Waals surface area contributed by atoms with Gasteiger partial charge in [-0.1, -0.05) is 60.3 Å². The average Bonchev–Trinajstić information content (AvgIpc) is 2.30. The zero-order chi connectivity index (χ0) is 11.8. The molecule has 0 aromatic heterocycles. The molecule has 0 radical (unpaired) electrons. The largest absolute Gasteiger partial charge is 0.396 e. The Hall–Kier alpha value is -0.340. The molecule has 0 aliphatic heterocycles. The Morgan fingerprint density at radius 2 is 2.00 bits per heavy atom. The van der Waals surface area contributed by atoms with Gasteiger partial charge in [0.2, 0.25) is 0 Å². The number of benzene rings is 1. The van der Waals surface area contributed by atoms with Crippen LogP contribution in [0.15, 0.2) is 28.7 Å². The van der Waals surface area contributed by atoms with Gasteiger partial charge >= 0.3 is 0 Å². The molecule has 16 heavy (non-hydrogen) atoms. The normalized spacial score (nSPS) is 12.7. The number of halogens is 1. The van der Waals surface area contributed by atoms with E-state index in [0.717, 1.165) is 17.3 Å². The van der Waals surface area contributed by atoms with Gasteiger partial charge in [-0.05, 0) is 30.4 Å². The van der Waals surface area contributed by atoms with Gasteiger partial charge in [-0.2, -0.15) is 0 Å². The van der Waals surface area contributed by atoms with Crippen LogP contribution in [0.1, 0.15) is 38.2 Å². The molecule has 1 nitrogen and oxygen atoms in total. The van der Waals surface area contributed by atoms with Crippen molar-refractivity contribution in [2.75, 3.05) is 6.61 Å². The molecule has 1 N–H and O–H groups in total. The van der Waals surface area contributed by atoms with Crippen molar-refractivity contribution in [3.63, 3.8) is 0 Å². The van der Waals surface area contributed by atoms with Crippen molar-refractivity contribution in [3.05, 3.63) is 34.3 Å². The first-order valence-corrected chi connectivity index (χ1v) is 6.91. The molecule has 1 aromatic rings. The maximum absolute atomic E-state index is 9.36. The minimum atomic E-state index is 0.297. The van der Waals surface area contributed by atoms with Gasteiger partial charge < -0.3 is 5.11 Å². The van der Waals surface area contributed by atoms with Crippen molar-refractivity contribution in [2.45, 2.75) is 39.0 Å². The summed E-state index contributed by atoms with van der Waals surface area (Å²) in [5, 5.41) is 9.36. The molecule has 90 valence electrons. The van der Waals surface area contributed by atoms with Crippen molar-refractivity contribution < 1.29 is 5.11 Å². The fourth-order valence-corrected chi connectivity index (χ4v) is 2.36. The number of hydrogen-bond donors (Lipinski definition) is 1. The van der Waals surface area contributed by atoms with Crippen LogP contribution in [-0.4, -0.2) is 11.7 Å². The van der Waals surface area contributed by atoms with Gasteiger partial charge in [0, 0.05) is 11.1 Å². The monoisotopic (exact) mass is 284 g/mol. The molecule has 1 rings (SSSR count). The third kappa shape index (κ3) is 4.67. The van der Waals surface area contributed by atoms with Crippen LogP contribution in [0.3, 0.4) is 0 Å². The van der Waals surface area contributed by atoms with E-state index in [1.165, 1.54) is 24.8 Å². The lowest BCUT2D eigenvalue weighted by Crippen LogP contribution is -2.10. The second-order valence-corrected chi connectivity index (χ2v) is 5.19. The summed E-state index contributed by atoms with van der Waals surface area (Å²) in [7, 11) is 0. The van der Waals surface area contributed by atoms with Gasteiger partial charge in [0.05, 0.1) is 0 Å². The molecule has 1 aromatic carbocycles. The molecule has 0 aliphatic carbocycles. The molecule has 0 saturated heterocycles. The first-order chi connectivity index (χ1) is 7.77. The highest BCUT2D eigenvalue weighted by molar-refractivity contribution is 9.10. The third-order valence-electron chi connectivity index (χ3n) is 2.94. The lowest BCUT2D eigenvalue weighted by atomic mass is 9.94. The van der Waals surface area contributed by atoms with Crippen molar-refractivity contribution >= 4 is 15.9 Å². The topological polar surface area (TPSA) is 20.2 Å². The van der Waals surface area contributed by atoms with Crippen LogP contribution < -0.4 is 0 Å². The summed E-state index contributed by atoms with van der Waals surface area (Å²) in [5.74, 6) is 0.408. The van der Waals surface area contributed by atoms with E-state index in [0.29, 0.717) is 12.5 Å². The van der Waals surface area contributed by atoms with E-state index < -0.39 is 0 Å². The lowest BCUT2D eigenvalue weighted by Gasteiger charge is -2.14. The predicted molar refractivity (Wildman–Crippen MR) is 72.6 cm³/mol. The number of unbranched alkanes of at least 4 members (excludes halogenated alkanes) is 2. The number of aliphatic hydroxyl groups excluding tert-OH is 1. The smallest absolute Gasteiger partial charge is 0.0462 e. The Kier molecular flexibility index (Phi) is 6.74. The molecule has 0 saturated carbocycles. The van der Waals surface area contributed by atoms with Crippen LogP contribution in [-0.2, 0) is 6.42 Å². The maximum atomic E-state index is 9.36. The lowest BCUT2D eigenvalue weighted by molar-refractivity contribution is 0.215. The van der Waals surface area contributed by atoms with Gasteiger partial charge in [-0.15, -0.1) is 0 Å². The molecular weight excluding hydrogens is 264 g/mol. The van der Waals surface area contributed by atoms with E-state index in [1.54, 1.807) is 0 Å². The minimum absolute atomic E-state index is 0.297. The van der Waals surface area contributed by atoms with E-state index in [4.69, 9.17) is 0 Å². The van der Waals surface area contributed by atoms with E-state index in [-0.39, 0.29) is 0 Å². The van der Waals surface area contributed by atoms with Crippen LogP contribution in [0.2, 0.25) is 0 Å². The van der Waals surface area contributed by atoms with E-state index in [1.807, 2.05) is 6.07 Å². The third-order valence-corrected chi connectivity index (χ3v) is 3.71. The van der Waals surface area contributed by atoms with Gasteiger partial charge in [0.25, 0.3) is 0 Å². The Balaban J connectivity index is 2.46. The second-order valence-electron chi connectivity index (χ2n) is 4.34. The average molecular weight is 285 g/mol. The molecule has 0 spiro atoms. The highest BCUT2D eigenvalue weighted by Crippen LogP contribution is 2.22. The SMILES string of the molecule is CCCCCC(CO)Cc1ccccc1Br. The Morgan fingerprint density at radius 1 is 1.25 bits per heavy atom. The zero-order valence-corrected chi connectivity index (χ0v) is 11.5. The number of aliphatic hydroxyl groups is 1. The first kappa shape index (κ1) is 13.7. The highest BCUT2D eigenvalue weighted by Gasteiger charge is 2.09. The fourth-order valence-electron chi connectivity index (χ4n) is 1.92. The summed E-state index contributed by atoms with van der Waals surface area (Å²) in [6.07, 6.45) is 5.85. The summed E-state index contributed by atoms with van der Waals surface area (Å²) in [6, 6.07) is 8.28. The highest BCUT2D eigenvalue weighted by atomic mass is 79.9. The van der Waals surface area contributed by atoms with Crippen molar-refractivity contribution in [1.29, 1.82) is 0 Å². The summed E-state index contributed by atoms with van der Waals surface area (Å²) >= 11 is 3.55. The van der Waals surface area contributed by atoms with Gasteiger partial charge in [0.15, 0.2) is 0 Å². The van der Waals surface area contributed by atoms with Crippen molar-refractivity contribution in [2.24, 2.45) is 5.92 Å². The molecule has 1 atom stereocenters. The van der Waals surface area contributed by atoms with Gasteiger partial charge in [0.1, 0.15) is 0 Å². The van der Waals surface area contributed by atoms with Crippen LogP contribution in [0.25, 0.3) is 0 Å². The molecule has 1 unspecified atom stereocenters. The van der Waals surface area contributed by atoms with Crippen molar-refractivity contribution in [1.82, 2.24) is 0 Å². The minimum Gasteiger partial charge on any atom is -0.396 e. The van der Waals surface area contributed by atoms with Crippen LogP contribution >= 0.6 is 15.9 Å². The predicted octanol–water partition coefficient (Wildman–Crippen LogP) is 4.18. The van der Waals surface area contributed by atoms with Crippen LogP contribution in [0.4, 0.5) is 0 Å². The maximum Gasteiger partial charge on any atom is 0.0462 e.